The SMILES string of the molecule is N#C[C@H](c1ccccc1)[C@@H](CCO)c1cncc(F)c1. The number of aliphatic hydroxyl groups excluding tert-OH is 1. The molecule has 0 saturated carbocycles. The Balaban J connectivity index is 2.39. The van der Waals surface area contributed by atoms with E-state index < -0.39 is 11.7 Å². The van der Waals surface area contributed by atoms with E-state index >= 15 is 0 Å². The number of halogens is 1. The number of aliphatic hydroxyl groups is 1. The van der Waals surface area contributed by atoms with E-state index in [-0.39, 0.29) is 12.5 Å². The minimum Gasteiger partial charge on any atom is -0.396 e. The summed E-state index contributed by atoms with van der Waals surface area (Å²) in [6.07, 6.45) is 3.07. The predicted octanol–water partition coefficient (Wildman–Crippen LogP) is 2.99. The van der Waals surface area contributed by atoms with Gasteiger partial charge in [0.05, 0.1) is 18.2 Å². The lowest BCUT2D eigenvalue weighted by atomic mass is 9.81. The first-order valence-electron chi connectivity index (χ1n) is 6.42. The molecule has 102 valence electrons. The van der Waals surface area contributed by atoms with Crippen molar-refractivity contribution in [3.8, 4) is 6.07 Å². The molecule has 2 aromatic rings. The first-order valence-corrected chi connectivity index (χ1v) is 6.42. The van der Waals surface area contributed by atoms with Gasteiger partial charge in [-0.2, -0.15) is 5.26 Å². The van der Waals surface area contributed by atoms with Gasteiger partial charge < -0.3 is 5.11 Å². The fourth-order valence-electron chi connectivity index (χ4n) is 2.35. The van der Waals surface area contributed by atoms with E-state index in [0.717, 1.165) is 11.8 Å². The molecule has 1 N–H and O–H groups in total. The Morgan fingerprint density at radius 1 is 1.20 bits per heavy atom. The van der Waals surface area contributed by atoms with E-state index in [1.807, 2.05) is 30.3 Å². The second kappa shape index (κ2) is 6.78. The molecule has 1 heterocycles. The van der Waals surface area contributed by atoms with Gasteiger partial charge in [-0.1, -0.05) is 30.3 Å². The van der Waals surface area contributed by atoms with Crippen LogP contribution in [0.3, 0.4) is 0 Å². The maximum Gasteiger partial charge on any atom is 0.141 e. The normalized spacial score (nSPS) is 13.4. The number of aromatic nitrogens is 1. The average Bonchev–Trinajstić information content (AvgIpc) is 2.48. The number of rotatable bonds is 5. The van der Waals surface area contributed by atoms with Crippen molar-refractivity contribution in [2.24, 2.45) is 0 Å². The number of hydrogen-bond acceptors (Lipinski definition) is 3. The Bertz CT molecular complexity index is 595. The molecule has 4 heteroatoms. The Labute approximate surface area is 117 Å². The van der Waals surface area contributed by atoms with Crippen molar-refractivity contribution in [2.75, 3.05) is 6.61 Å². The highest BCUT2D eigenvalue weighted by molar-refractivity contribution is 5.32. The average molecular weight is 270 g/mol. The molecule has 2 atom stereocenters. The van der Waals surface area contributed by atoms with E-state index in [1.54, 1.807) is 6.20 Å². The molecule has 0 bridgehead atoms. The summed E-state index contributed by atoms with van der Waals surface area (Å²) >= 11 is 0. The van der Waals surface area contributed by atoms with E-state index in [4.69, 9.17) is 0 Å². The minimum absolute atomic E-state index is 0.0633. The van der Waals surface area contributed by atoms with Crippen LogP contribution in [0.5, 0.6) is 0 Å². The van der Waals surface area contributed by atoms with Gasteiger partial charge >= 0.3 is 0 Å². The molecule has 0 aliphatic rings. The van der Waals surface area contributed by atoms with E-state index in [1.165, 1.54) is 6.07 Å². The number of nitriles is 1. The topological polar surface area (TPSA) is 56.9 Å². The van der Waals surface area contributed by atoms with Gasteiger partial charge in [-0.15, -0.1) is 0 Å². The van der Waals surface area contributed by atoms with Gasteiger partial charge in [0.2, 0.25) is 0 Å². The Kier molecular flexibility index (Phi) is 4.80. The van der Waals surface area contributed by atoms with Crippen molar-refractivity contribution in [3.63, 3.8) is 0 Å². The summed E-state index contributed by atoms with van der Waals surface area (Å²) in [5.74, 6) is -1.15. The molecule has 0 aliphatic heterocycles. The van der Waals surface area contributed by atoms with Crippen molar-refractivity contribution >= 4 is 0 Å². The van der Waals surface area contributed by atoms with Gasteiger partial charge in [0.25, 0.3) is 0 Å². The summed E-state index contributed by atoms with van der Waals surface area (Å²) in [7, 11) is 0. The van der Waals surface area contributed by atoms with Crippen molar-refractivity contribution < 1.29 is 9.50 Å². The molecule has 0 radical (unpaired) electrons. The monoisotopic (exact) mass is 270 g/mol. The molecule has 0 fully saturated rings. The van der Waals surface area contributed by atoms with Crippen molar-refractivity contribution in [1.82, 2.24) is 4.98 Å². The van der Waals surface area contributed by atoms with Gasteiger partial charge in [0, 0.05) is 18.7 Å². The van der Waals surface area contributed by atoms with Crippen LogP contribution in [0.4, 0.5) is 4.39 Å². The molecule has 20 heavy (non-hydrogen) atoms. The minimum atomic E-state index is -0.438. The number of pyridine rings is 1. The van der Waals surface area contributed by atoms with E-state index in [2.05, 4.69) is 11.1 Å². The molecule has 0 spiro atoms. The molecule has 1 aromatic heterocycles. The zero-order valence-electron chi connectivity index (χ0n) is 10.9. The molecular formula is C16H15FN2O. The lowest BCUT2D eigenvalue weighted by molar-refractivity contribution is 0.272. The van der Waals surface area contributed by atoms with Crippen LogP contribution in [-0.2, 0) is 0 Å². The molecule has 0 unspecified atom stereocenters. The number of benzene rings is 1. The first-order chi connectivity index (χ1) is 9.76. The summed E-state index contributed by atoms with van der Waals surface area (Å²) in [4.78, 5) is 3.83. The largest absolute Gasteiger partial charge is 0.396 e. The highest BCUT2D eigenvalue weighted by Crippen LogP contribution is 2.34. The summed E-state index contributed by atoms with van der Waals surface area (Å²) in [5.41, 5.74) is 1.49. The zero-order valence-corrected chi connectivity index (χ0v) is 10.9. The quantitative estimate of drug-likeness (QED) is 0.908. The lowest BCUT2D eigenvalue weighted by Gasteiger charge is -2.21. The Morgan fingerprint density at radius 3 is 2.55 bits per heavy atom. The maximum atomic E-state index is 13.3. The fourth-order valence-corrected chi connectivity index (χ4v) is 2.35. The molecule has 3 nitrogen and oxygen atoms in total. The van der Waals surface area contributed by atoms with Gasteiger partial charge in [-0.25, -0.2) is 4.39 Å². The molecule has 2 rings (SSSR count). The highest BCUT2D eigenvalue weighted by atomic mass is 19.1. The van der Waals surface area contributed by atoms with Crippen LogP contribution in [0.25, 0.3) is 0 Å². The van der Waals surface area contributed by atoms with Crippen LogP contribution in [0.15, 0.2) is 48.8 Å². The van der Waals surface area contributed by atoms with Crippen molar-refractivity contribution in [1.29, 1.82) is 5.26 Å². The van der Waals surface area contributed by atoms with Gasteiger partial charge in [-0.05, 0) is 23.6 Å². The van der Waals surface area contributed by atoms with Crippen LogP contribution < -0.4 is 0 Å². The molecular weight excluding hydrogens is 255 g/mol. The third-order valence-electron chi connectivity index (χ3n) is 3.29. The number of hydrogen-bond donors (Lipinski definition) is 1. The van der Waals surface area contributed by atoms with Gasteiger partial charge in [0.1, 0.15) is 5.82 Å². The maximum absolute atomic E-state index is 13.3. The highest BCUT2D eigenvalue weighted by Gasteiger charge is 2.25. The van der Waals surface area contributed by atoms with Crippen LogP contribution in [0.2, 0.25) is 0 Å². The van der Waals surface area contributed by atoms with Crippen LogP contribution in [-0.4, -0.2) is 16.7 Å². The summed E-state index contributed by atoms with van der Waals surface area (Å²) < 4.78 is 13.3. The van der Waals surface area contributed by atoms with Crippen LogP contribution in [0.1, 0.15) is 29.4 Å². The lowest BCUT2D eigenvalue weighted by Crippen LogP contribution is -2.12. The van der Waals surface area contributed by atoms with Gasteiger partial charge in [-0.3, -0.25) is 4.98 Å². The molecule has 1 aromatic carbocycles. The molecule has 0 aliphatic carbocycles. The fraction of sp³-hybridized carbons (Fsp3) is 0.250. The summed E-state index contributed by atoms with van der Waals surface area (Å²) in [5, 5.41) is 18.7. The third-order valence-corrected chi connectivity index (χ3v) is 3.29. The van der Waals surface area contributed by atoms with Crippen LogP contribution >= 0.6 is 0 Å². The smallest absolute Gasteiger partial charge is 0.141 e. The summed E-state index contributed by atoms with van der Waals surface area (Å²) in [6.45, 7) is -0.0633. The second-order valence-corrected chi connectivity index (χ2v) is 4.57. The number of nitrogens with zero attached hydrogens (tertiary/aromatic N) is 2. The summed E-state index contributed by atoms with van der Waals surface area (Å²) in [6, 6.07) is 13.0. The second-order valence-electron chi connectivity index (χ2n) is 4.57. The van der Waals surface area contributed by atoms with Gasteiger partial charge in [0.15, 0.2) is 0 Å². The Hall–Kier alpha value is -2.25. The van der Waals surface area contributed by atoms with E-state index in [0.29, 0.717) is 12.0 Å². The van der Waals surface area contributed by atoms with Crippen molar-refractivity contribution in [2.45, 2.75) is 18.3 Å². The Morgan fingerprint density at radius 2 is 1.95 bits per heavy atom. The molecule has 0 amide bonds. The molecule has 0 saturated heterocycles. The van der Waals surface area contributed by atoms with E-state index in [9.17, 15) is 14.8 Å². The first kappa shape index (κ1) is 14.2. The third kappa shape index (κ3) is 3.19. The predicted molar refractivity (Wildman–Crippen MR) is 73.4 cm³/mol. The standard InChI is InChI=1S/C16H15FN2O/c17-14-8-13(10-19-11-14)15(6-7-20)16(9-18)12-4-2-1-3-5-12/h1-5,8,10-11,15-16,20H,6-7H2/t15-,16+/m0/s1. The zero-order chi connectivity index (χ0) is 14.4. The van der Waals surface area contributed by atoms with Crippen LogP contribution in [0, 0.1) is 17.1 Å². The van der Waals surface area contributed by atoms with Crippen molar-refractivity contribution in [3.05, 3.63) is 65.7 Å².